The van der Waals surface area contributed by atoms with Crippen LogP contribution in [0, 0.1) is 6.92 Å². The number of hydrogen-bond donors (Lipinski definition) is 0. The van der Waals surface area contributed by atoms with Crippen molar-refractivity contribution in [3.05, 3.63) is 34.9 Å². The fraction of sp³-hybridized carbons (Fsp3) is 0.500. The summed E-state index contributed by atoms with van der Waals surface area (Å²) in [4.78, 5) is 13.6. The maximum absolute atomic E-state index is 11.8. The number of nitrogens with zero attached hydrogens (tertiary/aromatic N) is 1. The van der Waals surface area contributed by atoms with Gasteiger partial charge in [0, 0.05) is 13.1 Å². The van der Waals surface area contributed by atoms with E-state index in [-0.39, 0.29) is 12.2 Å². The van der Waals surface area contributed by atoms with E-state index in [2.05, 4.69) is 25.1 Å². The zero-order valence-electron chi connectivity index (χ0n) is 10.7. The van der Waals surface area contributed by atoms with E-state index >= 15 is 0 Å². The Kier molecular flexibility index (Phi) is 3.36. The van der Waals surface area contributed by atoms with E-state index in [1.807, 2.05) is 13.8 Å². The van der Waals surface area contributed by atoms with E-state index in [0.717, 1.165) is 13.0 Å². The van der Waals surface area contributed by atoms with Crippen LogP contribution in [0.25, 0.3) is 0 Å². The van der Waals surface area contributed by atoms with Gasteiger partial charge in [-0.3, -0.25) is 0 Å². The molecule has 1 aromatic rings. The summed E-state index contributed by atoms with van der Waals surface area (Å²) in [6.45, 7) is 7.25. The number of carbonyl (C=O) groups excluding carboxylic acids is 1. The molecule has 1 aliphatic rings. The first-order valence-electron chi connectivity index (χ1n) is 6.10. The molecule has 0 atom stereocenters. The van der Waals surface area contributed by atoms with Crippen LogP contribution in [-0.2, 0) is 17.7 Å². The highest BCUT2D eigenvalue weighted by molar-refractivity contribution is 5.68. The number of fused-ring (bicyclic) bond motifs is 1. The van der Waals surface area contributed by atoms with Gasteiger partial charge in [0.1, 0.15) is 0 Å². The molecule has 1 heterocycles. The lowest BCUT2D eigenvalue weighted by Crippen LogP contribution is -2.37. The Balaban J connectivity index is 2.10. The Morgan fingerprint density at radius 2 is 2.12 bits per heavy atom. The topological polar surface area (TPSA) is 29.5 Å². The monoisotopic (exact) mass is 233 g/mol. The SMILES string of the molecule is Cc1ccc2c(c1)CN(C(=O)OC(C)C)CC2. The Hall–Kier alpha value is -1.51. The third-order valence-electron chi connectivity index (χ3n) is 2.97. The molecule has 0 fully saturated rings. The van der Waals surface area contributed by atoms with E-state index in [1.54, 1.807) is 4.90 Å². The molecule has 1 amide bonds. The van der Waals surface area contributed by atoms with Gasteiger partial charge in [-0.05, 0) is 38.3 Å². The Morgan fingerprint density at radius 3 is 2.82 bits per heavy atom. The van der Waals surface area contributed by atoms with Crippen LogP contribution >= 0.6 is 0 Å². The van der Waals surface area contributed by atoms with Crippen molar-refractivity contribution in [3.8, 4) is 0 Å². The first kappa shape index (κ1) is 12.0. The van der Waals surface area contributed by atoms with E-state index in [9.17, 15) is 4.79 Å². The smallest absolute Gasteiger partial charge is 0.410 e. The van der Waals surface area contributed by atoms with Gasteiger partial charge in [0.2, 0.25) is 0 Å². The first-order chi connectivity index (χ1) is 8.06. The molecule has 0 bridgehead atoms. The second-order valence-electron chi connectivity index (χ2n) is 4.88. The normalized spacial score (nSPS) is 14.7. The summed E-state index contributed by atoms with van der Waals surface area (Å²) < 4.78 is 5.22. The van der Waals surface area contributed by atoms with Crippen molar-refractivity contribution in [2.24, 2.45) is 0 Å². The molecule has 0 spiro atoms. The zero-order chi connectivity index (χ0) is 12.4. The van der Waals surface area contributed by atoms with Crippen molar-refractivity contribution in [2.45, 2.75) is 39.8 Å². The standard InChI is InChI=1S/C14H19NO2/c1-10(2)17-14(16)15-7-6-12-5-4-11(3)8-13(12)9-15/h4-5,8,10H,6-7,9H2,1-3H3. The maximum atomic E-state index is 11.8. The molecule has 17 heavy (non-hydrogen) atoms. The highest BCUT2D eigenvalue weighted by atomic mass is 16.6. The summed E-state index contributed by atoms with van der Waals surface area (Å²) in [7, 11) is 0. The third kappa shape index (κ3) is 2.78. The minimum absolute atomic E-state index is 0.0543. The lowest BCUT2D eigenvalue weighted by atomic mass is 9.98. The van der Waals surface area contributed by atoms with Crippen LogP contribution in [0.1, 0.15) is 30.5 Å². The second kappa shape index (κ2) is 4.78. The van der Waals surface area contributed by atoms with Crippen molar-refractivity contribution >= 4 is 6.09 Å². The van der Waals surface area contributed by atoms with Crippen LogP contribution in [0.2, 0.25) is 0 Å². The summed E-state index contributed by atoms with van der Waals surface area (Å²) in [5.74, 6) is 0. The van der Waals surface area contributed by atoms with Gasteiger partial charge in [-0.25, -0.2) is 4.79 Å². The maximum Gasteiger partial charge on any atom is 0.410 e. The summed E-state index contributed by atoms with van der Waals surface area (Å²) in [5.41, 5.74) is 3.84. The highest BCUT2D eigenvalue weighted by Crippen LogP contribution is 2.20. The minimum Gasteiger partial charge on any atom is -0.447 e. The van der Waals surface area contributed by atoms with Gasteiger partial charge in [0.25, 0.3) is 0 Å². The Morgan fingerprint density at radius 1 is 1.35 bits per heavy atom. The van der Waals surface area contributed by atoms with Crippen molar-refractivity contribution < 1.29 is 9.53 Å². The van der Waals surface area contributed by atoms with Gasteiger partial charge in [-0.15, -0.1) is 0 Å². The average molecular weight is 233 g/mol. The van der Waals surface area contributed by atoms with E-state index in [0.29, 0.717) is 6.54 Å². The van der Waals surface area contributed by atoms with Crippen LogP contribution < -0.4 is 0 Å². The van der Waals surface area contributed by atoms with Crippen molar-refractivity contribution in [2.75, 3.05) is 6.54 Å². The largest absolute Gasteiger partial charge is 0.447 e. The van der Waals surface area contributed by atoms with Gasteiger partial charge in [-0.1, -0.05) is 23.8 Å². The van der Waals surface area contributed by atoms with Crippen LogP contribution in [0.5, 0.6) is 0 Å². The van der Waals surface area contributed by atoms with Crippen molar-refractivity contribution in [1.29, 1.82) is 0 Å². The number of hydrogen-bond acceptors (Lipinski definition) is 2. The fourth-order valence-electron chi connectivity index (χ4n) is 2.12. The van der Waals surface area contributed by atoms with Crippen LogP contribution in [0.4, 0.5) is 4.79 Å². The van der Waals surface area contributed by atoms with Gasteiger partial charge in [0.05, 0.1) is 6.10 Å². The predicted molar refractivity (Wildman–Crippen MR) is 66.9 cm³/mol. The quantitative estimate of drug-likeness (QED) is 0.746. The molecule has 3 heteroatoms. The Bertz CT molecular complexity index is 426. The summed E-state index contributed by atoms with van der Waals surface area (Å²) in [6.07, 6.45) is 0.663. The van der Waals surface area contributed by atoms with Gasteiger partial charge < -0.3 is 9.64 Å². The third-order valence-corrected chi connectivity index (χ3v) is 2.97. The molecule has 0 aliphatic carbocycles. The van der Waals surface area contributed by atoms with Gasteiger partial charge in [0.15, 0.2) is 0 Å². The lowest BCUT2D eigenvalue weighted by Gasteiger charge is -2.29. The lowest BCUT2D eigenvalue weighted by molar-refractivity contribution is 0.0730. The second-order valence-corrected chi connectivity index (χ2v) is 4.88. The molecular weight excluding hydrogens is 214 g/mol. The average Bonchev–Trinajstić information content (AvgIpc) is 2.27. The molecular formula is C14H19NO2. The molecule has 0 saturated carbocycles. The molecule has 2 rings (SSSR count). The number of ether oxygens (including phenoxy) is 1. The zero-order valence-corrected chi connectivity index (χ0v) is 10.7. The molecule has 0 N–H and O–H groups in total. The van der Waals surface area contributed by atoms with Crippen LogP contribution in [0.3, 0.4) is 0 Å². The van der Waals surface area contributed by atoms with E-state index < -0.39 is 0 Å². The van der Waals surface area contributed by atoms with Crippen molar-refractivity contribution in [3.63, 3.8) is 0 Å². The summed E-state index contributed by atoms with van der Waals surface area (Å²) in [6, 6.07) is 6.45. The first-order valence-corrected chi connectivity index (χ1v) is 6.10. The predicted octanol–water partition coefficient (Wildman–Crippen LogP) is 2.90. The highest BCUT2D eigenvalue weighted by Gasteiger charge is 2.22. The molecule has 0 saturated heterocycles. The van der Waals surface area contributed by atoms with Gasteiger partial charge in [-0.2, -0.15) is 0 Å². The molecule has 3 nitrogen and oxygen atoms in total. The molecule has 92 valence electrons. The number of amides is 1. The molecule has 0 unspecified atom stereocenters. The molecule has 0 radical (unpaired) electrons. The number of rotatable bonds is 1. The molecule has 0 aromatic heterocycles. The van der Waals surface area contributed by atoms with Gasteiger partial charge >= 0.3 is 6.09 Å². The summed E-state index contributed by atoms with van der Waals surface area (Å²) >= 11 is 0. The molecule has 1 aromatic carbocycles. The number of carbonyl (C=O) groups is 1. The van der Waals surface area contributed by atoms with E-state index in [4.69, 9.17) is 4.74 Å². The Labute approximate surface area is 102 Å². The van der Waals surface area contributed by atoms with Crippen LogP contribution in [-0.4, -0.2) is 23.6 Å². The van der Waals surface area contributed by atoms with Crippen molar-refractivity contribution in [1.82, 2.24) is 4.90 Å². The molecule has 1 aliphatic heterocycles. The summed E-state index contributed by atoms with van der Waals surface area (Å²) in [5, 5.41) is 0. The number of benzene rings is 1. The number of aryl methyl sites for hydroxylation is 1. The van der Waals surface area contributed by atoms with E-state index in [1.165, 1.54) is 16.7 Å². The minimum atomic E-state index is -0.202. The van der Waals surface area contributed by atoms with Crippen LogP contribution in [0.15, 0.2) is 18.2 Å². The fourth-order valence-corrected chi connectivity index (χ4v) is 2.12.